The number of nitrogens with one attached hydrogen (secondary N) is 1. The van der Waals surface area contributed by atoms with Crippen LogP contribution in [0.2, 0.25) is 0 Å². The van der Waals surface area contributed by atoms with Crippen molar-refractivity contribution >= 4 is 11.9 Å². The van der Waals surface area contributed by atoms with Crippen LogP contribution in [0.1, 0.15) is 12.8 Å². The molecule has 1 amide bonds. The fraction of sp³-hybridized carbons (Fsp3) is 0.778. The minimum absolute atomic E-state index is 0.144. The highest BCUT2D eigenvalue weighted by Gasteiger charge is 2.35. The van der Waals surface area contributed by atoms with Crippen molar-refractivity contribution < 1.29 is 19.1 Å². The number of hydrogen-bond acceptors (Lipinski definition) is 5. The highest BCUT2D eigenvalue weighted by molar-refractivity contribution is 5.89. The lowest BCUT2D eigenvalue weighted by molar-refractivity contribution is -0.142. The van der Waals surface area contributed by atoms with Gasteiger partial charge in [0.15, 0.2) is 0 Å². The molecule has 0 aromatic heterocycles. The lowest BCUT2D eigenvalue weighted by atomic mass is 9.90. The first kappa shape index (κ1) is 11.9. The number of hydrogen-bond donors (Lipinski definition) is 2. The second kappa shape index (κ2) is 5.09. The second-order valence-corrected chi connectivity index (χ2v) is 3.53. The van der Waals surface area contributed by atoms with Crippen LogP contribution in [0.15, 0.2) is 0 Å². The minimum atomic E-state index is -0.910. The Labute approximate surface area is 88.1 Å². The molecule has 0 aromatic carbocycles. The summed E-state index contributed by atoms with van der Waals surface area (Å²) in [5.41, 5.74) is 4.98. The summed E-state index contributed by atoms with van der Waals surface area (Å²) in [6.07, 6.45) is 0.944. The Hall–Kier alpha value is -1.14. The fourth-order valence-corrected chi connectivity index (χ4v) is 1.36. The molecule has 6 heteroatoms. The third-order valence-corrected chi connectivity index (χ3v) is 2.46. The van der Waals surface area contributed by atoms with Crippen LogP contribution in [0, 0.1) is 0 Å². The van der Waals surface area contributed by atoms with Gasteiger partial charge >= 0.3 is 5.97 Å². The van der Waals surface area contributed by atoms with E-state index in [1.807, 2.05) is 0 Å². The smallest absolute Gasteiger partial charge is 0.325 e. The average molecular weight is 216 g/mol. The Morgan fingerprint density at radius 3 is 2.60 bits per heavy atom. The second-order valence-electron chi connectivity index (χ2n) is 3.53. The van der Waals surface area contributed by atoms with E-state index in [4.69, 9.17) is 10.5 Å². The van der Waals surface area contributed by atoms with Gasteiger partial charge in [0, 0.05) is 13.2 Å². The molecule has 0 radical (unpaired) electrons. The summed E-state index contributed by atoms with van der Waals surface area (Å²) >= 11 is 0. The molecule has 15 heavy (non-hydrogen) atoms. The summed E-state index contributed by atoms with van der Waals surface area (Å²) in [6, 6.07) is 0. The van der Waals surface area contributed by atoms with Crippen LogP contribution in [0.5, 0.6) is 0 Å². The van der Waals surface area contributed by atoms with Gasteiger partial charge in [-0.1, -0.05) is 0 Å². The summed E-state index contributed by atoms with van der Waals surface area (Å²) < 4.78 is 9.51. The van der Waals surface area contributed by atoms with Crippen LogP contribution in [-0.2, 0) is 19.1 Å². The van der Waals surface area contributed by atoms with Gasteiger partial charge in [-0.05, 0) is 12.8 Å². The van der Waals surface area contributed by atoms with Crippen molar-refractivity contribution in [3.8, 4) is 0 Å². The molecule has 0 bridgehead atoms. The predicted molar refractivity (Wildman–Crippen MR) is 52.0 cm³/mol. The van der Waals surface area contributed by atoms with Crippen molar-refractivity contribution in [2.75, 3.05) is 26.9 Å². The van der Waals surface area contributed by atoms with Crippen molar-refractivity contribution in [1.29, 1.82) is 0 Å². The van der Waals surface area contributed by atoms with E-state index in [-0.39, 0.29) is 12.5 Å². The van der Waals surface area contributed by atoms with Crippen LogP contribution >= 0.6 is 0 Å². The zero-order valence-corrected chi connectivity index (χ0v) is 8.75. The van der Waals surface area contributed by atoms with Crippen molar-refractivity contribution in [3.05, 3.63) is 0 Å². The SMILES string of the molecule is COC(=O)CNC(=O)C1(N)CCOCC1. The molecule has 1 heterocycles. The summed E-state index contributed by atoms with van der Waals surface area (Å²) in [5.74, 6) is -0.810. The van der Waals surface area contributed by atoms with Crippen LogP contribution in [-0.4, -0.2) is 44.3 Å². The number of amides is 1. The van der Waals surface area contributed by atoms with E-state index in [9.17, 15) is 9.59 Å². The van der Waals surface area contributed by atoms with Crippen LogP contribution < -0.4 is 11.1 Å². The maximum Gasteiger partial charge on any atom is 0.325 e. The summed E-state index contributed by atoms with van der Waals surface area (Å²) in [5, 5.41) is 2.45. The first-order valence-corrected chi connectivity index (χ1v) is 4.80. The van der Waals surface area contributed by atoms with Crippen molar-refractivity contribution in [3.63, 3.8) is 0 Å². The van der Waals surface area contributed by atoms with Gasteiger partial charge < -0.3 is 20.5 Å². The first-order valence-electron chi connectivity index (χ1n) is 4.80. The van der Waals surface area contributed by atoms with E-state index in [1.54, 1.807) is 0 Å². The third-order valence-electron chi connectivity index (χ3n) is 2.46. The van der Waals surface area contributed by atoms with E-state index in [2.05, 4.69) is 10.1 Å². The van der Waals surface area contributed by atoms with Gasteiger partial charge in [-0.2, -0.15) is 0 Å². The lowest BCUT2D eigenvalue weighted by Crippen LogP contribution is -2.57. The summed E-state index contributed by atoms with van der Waals surface area (Å²) in [7, 11) is 1.27. The molecule has 1 fully saturated rings. The normalized spacial score (nSPS) is 19.3. The standard InChI is InChI=1S/C9H16N2O4/c1-14-7(12)6-11-8(13)9(10)2-4-15-5-3-9/h2-6,10H2,1H3,(H,11,13). The van der Waals surface area contributed by atoms with E-state index in [0.29, 0.717) is 26.1 Å². The van der Waals surface area contributed by atoms with E-state index in [0.717, 1.165) is 0 Å². The topological polar surface area (TPSA) is 90.7 Å². The molecule has 0 aliphatic carbocycles. The number of esters is 1. The van der Waals surface area contributed by atoms with Gasteiger partial charge in [0.1, 0.15) is 6.54 Å². The molecule has 0 spiro atoms. The predicted octanol–water partition coefficient (Wildman–Crippen LogP) is -1.22. The van der Waals surface area contributed by atoms with Crippen molar-refractivity contribution in [2.45, 2.75) is 18.4 Å². The fourth-order valence-electron chi connectivity index (χ4n) is 1.36. The highest BCUT2D eigenvalue weighted by atomic mass is 16.5. The van der Waals surface area contributed by atoms with Gasteiger partial charge in [0.25, 0.3) is 0 Å². The maximum atomic E-state index is 11.6. The van der Waals surface area contributed by atoms with Crippen LogP contribution in [0.4, 0.5) is 0 Å². The number of ether oxygens (including phenoxy) is 2. The average Bonchev–Trinajstić information content (AvgIpc) is 2.26. The summed E-state index contributed by atoms with van der Waals surface area (Å²) in [6.45, 7) is 0.805. The molecular weight excluding hydrogens is 200 g/mol. The Kier molecular flexibility index (Phi) is 4.05. The molecule has 86 valence electrons. The molecule has 1 rings (SSSR count). The zero-order chi connectivity index (χ0) is 11.3. The molecule has 0 saturated carbocycles. The maximum absolute atomic E-state index is 11.6. The van der Waals surface area contributed by atoms with E-state index >= 15 is 0 Å². The van der Waals surface area contributed by atoms with Gasteiger partial charge in [-0.15, -0.1) is 0 Å². The molecule has 1 aliphatic rings. The number of carbonyl (C=O) groups excluding carboxylic acids is 2. The molecule has 0 atom stereocenters. The van der Waals surface area contributed by atoms with Gasteiger partial charge in [0.05, 0.1) is 12.6 Å². The molecule has 1 aliphatic heterocycles. The molecule has 0 aromatic rings. The molecule has 6 nitrogen and oxygen atoms in total. The largest absolute Gasteiger partial charge is 0.468 e. The molecular formula is C9H16N2O4. The van der Waals surface area contributed by atoms with E-state index < -0.39 is 11.5 Å². The van der Waals surface area contributed by atoms with Crippen LogP contribution in [0.3, 0.4) is 0 Å². The summed E-state index contributed by atoms with van der Waals surface area (Å²) in [4.78, 5) is 22.4. The number of rotatable bonds is 3. The molecule has 0 unspecified atom stereocenters. The number of nitrogens with two attached hydrogens (primary N) is 1. The lowest BCUT2D eigenvalue weighted by Gasteiger charge is -2.31. The van der Waals surface area contributed by atoms with Gasteiger partial charge in [-0.25, -0.2) is 0 Å². The van der Waals surface area contributed by atoms with Crippen LogP contribution in [0.25, 0.3) is 0 Å². The Bertz CT molecular complexity index is 248. The molecule has 3 N–H and O–H groups in total. The Morgan fingerprint density at radius 1 is 1.47 bits per heavy atom. The highest BCUT2D eigenvalue weighted by Crippen LogP contribution is 2.17. The Balaban J connectivity index is 2.41. The van der Waals surface area contributed by atoms with Gasteiger partial charge in [0.2, 0.25) is 5.91 Å². The first-order chi connectivity index (χ1) is 7.08. The molecule has 1 saturated heterocycles. The van der Waals surface area contributed by atoms with Crippen molar-refractivity contribution in [1.82, 2.24) is 5.32 Å². The third kappa shape index (κ3) is 3.17. The minimum Gasteiger partial charge on any atom is -0.468 e. The quantitative estimate of drug-likeness (QED) is 0.577. The zero-order valence-electron chi connectivity index (χ0n) is 8.75. The van der Waals surface area contributed by atoms with Crippen molar-refractivity contribution in [2.24, 2.45) is 5.73 Å². The Morgan fingerprint density at radius 2 is 2.07 bits per heavy atom. The monoisotopic (exact) mass is 216 g/mol. The van der Waals surface area contributed by atoms with E-state index in [1.165, 1.54) is 7.11 Å². The number of carbonyl (C=O) groups is 2. The number of methoxy groups -OCH3 is 1. The van der Waals surface area contributed by atoms with Gasteiger partial charge in [-0.3, -0.25) is 9.59 Å².